The Kier molecular flexibility index (Phi) is 2.49. The van der Waals surface area contributed by atoms with Gasteiger partial charge >= 0.3 is 5.97 Å². The number of rotatable bonds is 2. The first-order chi connectivity index (χ1) is 7.29. The monoisotopic (exact) mass is 203 g/mol. The molecular weight excluding hydrogens is 194 g/mol. The molecule has 0 unspecified atom stereocenters. The van der Waals surface area contributed by atoms with E-state index in [-0.39, 0.29) is 0 Å². The lowest BCUT2D eigenvalue weighted by molar-refractivity contribution is -0.134. The maximum Gasteiger partial charge on any atom is 0.330 e. The first-order valence-corrected chi connectivity index (χ1v) is 4.40. The van der Waals surface area contributed by atoms with Crippen molar-refractivity contribution < 1.29 is 13.9 Å². The molecule has 2 aromatic heterocycles. The molecule has 2 heterocycles. The van der Waals surface area contributed by atoms with Gasteiger partial charge in [0.05, 0.1) is 19.1 Å². The number of pyridine rings is 1. The van der Waals surface area contributed by atoms with E-state index in [2.05, 4.69) is 9.72 Å². The zero-order chi connectivity index (χ0) is 10.7. The maximum absolute atomic E-state index is 10.8. The predicted molar refractivity (Wildman–Crippen MR) is 55.1 cm³/mol. The summed E-state index contributed by atoms with van der Waals surface area (Å²) in [5.74, 6) is -0.399. The summed E-state index contributed by atoms with van der Waals surface area (Å²) in [6.45, 7) is 0. The van der Waals surface area contributed by atoms with Gasteiger partial charge in [-0.1, -0.05) is 0 Å². The summed E-state index contributed by atoms with van der Waals surface area (Å²) in [6.07, 6.45) is 4.50. The molecule has 0 aliphatic carbocycles. The Balaban J connectivity index is 2.28. The SMILES string of the molecule is COC(=O)C=Cc1ccc2occc2n1. The van der Waals surface area contributed by atoms with Crippen LogP contribution in [-0.2, 0) is 9.53 Å². The topological polar surface area (TPSA) is 52.3 Å². The molecule has 0 amide bonds. The lowest BCUT2D eigenvalue weighted by atomic mass is 10.3. The maximum atomic E-state index is 10.8. The number of carbonyl (C=O) groups excluding carboxylic acids is 1. The van der Waals surface area contributed by atoms with Crippen LogP contribution >= 0.6 is 0 Å². The average molecular weight is 203 g/mol. The molecule has 0 spiro atoms. The van der Waals surface area contributed by atoms with E-state index in [0.29, 0.717) is 5.69 Å². The number of hydrogen-bond acceptors (Lipinski definition) is 4. The van der Waals surface area contributed by atoms with Gasteiger partial charge in [-0.2, -0.15) is 0 Å². The van der Waals surface area contributed by atoms with Crippen LogP contribution in [0.1, 0.15) is 5.69 Å². The largest absolute Gasteiger partial charge is 0.466 e. The van der Waals surface area contributed by atoms with Gasteiger partial charge in [0.25, 0.3) is 0 Å². The van der Waals surface area contributed by atoms with Crippen LogP contribution in [0.2, 0.25) is 0 Å². The minimum Gasteiger partial charge on any atom is -0.466 e. The van der Waals surface area contributed by atoms with Crippen LogP contribution in [-0.4, -0.2) is 18.1 Å². The third-order valence-electron chi connectivity index (χ3n) is 1.92. The van der Waals surface area contributed by atoms with E-state index >= 15 is 0 Å². The van der Waals surface area contributed by atoms with Gasteiger partial charge < -0.3 is 9.15 Å². The number of hydrogen-bond donors (Lipinski definition) is 0. The molecule has 0 bridgehead atoms. The lowest BCUT2D eigenvalue weighted by Gasteiger charge is -1.92. The minimum atomic E-state index is -0.399. The molecule has 0 saturated carbocycles. The highest BCUT2D eigenvalue weighted by atomic mass is 16.5. The highest BCUT2D eigenvalue weighted by molar-refractivity contribution is 5.87. The Bertz CT molecular complexity index is 513. The third-order valence-corrected chi connectivity index (χ3v) is 1.92. The molecule has 0 saturated heterocycles. The van der Waals surface area contributed by atoms with Gasteiger partial charge in [0.1, 0.15) is 5.52 Å². The van der Waals surface area contributed by atoms with Crippen LogP contribution in [0.3, 0.4) is 0 Å². The summed E-state index contributed by atoms with van der Waals surface area (Å²) in [4.78, 5) is 15.1. The summed E-state index contributed by atoms with van der Waals surface area (Å²) in [5, 5.41) is 0. The Morgan fingerprint density at radius 3 is 3.13 bits per heavy atom. The molecule has 2 aromatic rings. The molecule has 0 fully saturated rings. The lowest BCUT2D eigenvalue weighted by Crippen LogP contribution is -1.93. The van der Waals surface area contributed by atoms with Crippen LogP contribution in [0.15, 0.2) is 35.0 Å². The van der Waals surface area contributed by atoms with E-state index in [1.54, 1.807) is 30.5 Å². The molecule has 0 aliphatic heterocycles. The summed E-state index contributed by atoms with van der Waals surface area (Å²) < 4.78 is 9.61. The molecule has 0 atom stereocenters. The van der Waals surface area contributed by atoms with Gasteiger partial charge in [-0.15, -0.1) is 0 Å². The van der Waals surface area contributed by atoms with Gasteiger partial charge in [-0.25, -0.2) is 9.78 Å². The van der Waals surface area contributed by atoms with E-state index in [1.807, 2.05) is 0 Å². The number of ether oxygens (including phenoxy) is 1. The molecule has 15 heavy (non-hydrogen) atoms. The van der Waals surface area contributed by atoms with Crippen LogP contribution in [0, 0.1) is 0 Å². The number of aromatic nitrogens is 1. The Morgan fingerprint density at radius 1 is 1.47 bits per heavy atom. The highest BCUT2D eigenvalue weighted by Gasteiger charge is 1.98. The molecule has 76 valence electrons. The quantitative estimate of drug-likeness (QED) is 0.553. The molecule has 2 rings (SSSR count). The normalized spacial score (nSPS) is 11.0. The predicted octanol–water partition coefficient (Wildman–Crippen LogP) is 2.01. The molecule has 4 heteroatoms. The van der Waals surface area contributed by atoms with Crippen LogP contribution in [0.25, 0.3) is 17.2 Å². The number of carbonyl (C=O) groups is 1. The highest BCUT2D eigenvalue weighted by Crippen LogP contribution is 2.13. The van der Waals surface area contributed by atoms with Crippen molar-refractivity contribution in [3.8, 4) is 0 Å². The van der Waals surface area contributed by atoms with Gasteiger partial charge in [0.2, 0.25) is 0 Å². The summed E-state index contributed by atoms with van der Waals surface area (Å²) in [5.41, 5.74) is 2.18. The number of nitrogens with zero attached hydrogens (tertiary/aromatic N) is 1. The van der Waals surface area contributed by atoms with Crippen molar-refractivity contribution in [3.63, 3.8) is 0 Å². The fourth-order valence-electron chi connectivity index (χ4n) is 1.18. The van der Waals surface area contributed by atoms with Crippen molar-refractivity contribution in [3.05, 3.63) is 36.2 Å². The fourth-order valence-corrected chi connectivity index (χ4v) is 1.18. The number of methoxy groups -OCH3 is 1. The van der Waals surface area contributed by atoms with Gasteiger partial charge in [-0.05, 0) is 18.2 Å². The number of furan rings is 1. The second kappa shape index (κ2) is 3.96. The van der Waals surface area contributed by atoms with Gasteiger partial charge in [-0.3, -0.25) is 0 Å². The van der Waals surface area contributed by atoms with Gasteiger partial charge in [0.15, 0.2) is 5.58 Å². The zero-order valence-corrected chi connectivity index (χ0v) is 8.14. The van der Waals surface area contributed by atoms with Gasteiger partial charge in [0, 0.05) is 12.1 Å². The molecule has 4 nitrogen and oxygen atoms in total. The first-order valence-electron chi connectivity index (χ1n) is 4.40. The van der Waals surface area contributed by atoms with Crippen LogP contribution in [0.4, 0.5) is 0 Å². The molecule has 0 aromatic carbocycles. The summed E-state index contributed by atoms with van der Waals surface area (Å²) >= 11 is 0. The van der Waals surface area contributed by atoms with Crippen molar-refractivity contribution in [2.75, 3.05) is 7.11 Å². The summed E-state index contributed by atoms with van der Waals surface area (Å²) in [6, 6.07) is 5.34. The van der Waals surface area contributed by atoms with Crippen LogP contribution < -0.4 is 0 Å². The first kappa shape index (κ1) is 9.45. The second-order valence-electron chi connectivity index (χ2n) is 2.90. The van der Waals surface area contributed by atoms with E-state index in [0.717, 1.165) is 11.1 Å². The molecular formula is C11H9NO3. The number of fused-ring (bicyclic) bond motifs is 1. The van der Waals surface area contributed by atoms with Crippen molar-refractivity contribution in [1.82, 2.24) is 4.98 Å². The average Bonchev–Trinajstić information content (AvgIpc) is 2.72. The van der Waals surface area contributed by atoms with E-state index < -0.39 is 5.97 Å². The van der Waals surface area contributed by atoms with E-state index in [9.17, 15) is 4.79 Å². The van der Waals surface area contributed by atoms with Crippen molar-refractivity contribution >= 4 is 23.1 Å². The molecule has 0 aliphatic rings. The van der Waals surface area contributed by atoms with E-state index in [4.69, 9.17) is 4.42 Å². The zero-order valence-electron chi connectivity index (χ0n) is 8.14. The number of esters is 1. The minimum absolute atomic E-state index is 0.399. The van der Waals surface area contributed by atoms with E-state index in [1.165, 1.54) is 13.2 Å². The second-order valence-corrected chi connectivity index (χ2v) is 2.90. The smallest absolute Gasteiger partial charge is 0.330 e. The Morgan fingerprint density at radius 2 is 2.33 bits per heavy atom. The Hall–Kier alpha value is -2.10. The summed E-state index contributed by atoms with van der Waals surface area (Å²) in [7, 11) is 1.33. The standard InChI is InChI=1S/C11H9NO3/c1-14-11(13)5-3-8-2-4-10-9(12-8)6-7-15-10/h2-7H,1H3. The molecule has 0 N–H and O–H groups in total. The van der Waals surface area contributed by atoms with Crippen molar-refractivity contribution in [2.24, 2.45) is 0 Å². The van der Waals surface area contributed by atoms with Crippen molar-refractivity contribution in [2.45, 2.75) is 0 Å². The Labute approximate surface area is 86.2 Å². The third kappa shape index (κ3) is 2.04. The fraction of sp³-hybridized carbons (Fsp3) is 0.0909. The molecule has 0 radical (unpaired) electrons. The van der Waals surface area contributed by atoms with Crippen LogP contribution in [0.5, 0.6) is 0 Å². The van der Waals surface area contributed by atoms with Crippen molar-refractivity contribution in [1.29, 1.82) is 0 Å².